The third-order valence-corrected chi connectivity index (χ3v) is 2.99. The maximum atomic E-state index is 13.7. The first kappa shape index (κ1) is 12.2. The van der Waals surface area contributed by atoms with Gasteiger partial charge in [0.25, 0.3) is 0 Å². The topological polar surface area (TPSA) is 43.8 Å². The molecule has 0 aliphatic rings. The van der Waals surface area contributed by atoms with Crippen molar-refractivity contribution in [3.05, 3.63) is 51.8 Å². The van der Waals surface area contributed by atoms with Gasteiger partial charge in [-0.1, -0.05) is 0 Å². The molecule has 0 bridgehead atoms. The molecular weight excluding hydrogens is 292 g/mol. The van der Waals surface area contributed by atoms with Gasteiger partial charge in [-0.3, -0.25) is 4.68 Å². The molecule has 3 nitrogen and oxygen atoms in total. The van der Waals surface area contributed by atoms with E-state index >= 15 is 0 Å². The molecular formula is C11H10BrF2N3. The molecule has 0 fully saturated rings. The lowest BCUT2D eigenvalue weighted by atomic mass is 10.2. The number of halogens is 3. The molecule has 2 aromatic rings. The van der Waals surface area contributed by atoms with Gasteiger partial charge in [0.2, 0.25) is 0 Å². The second kappa shape index (κ2) is 4.93. The van der Waals surface area contributed by atoms with Gasteiger partial charge in [0, 0.05) is 23.9 Å². The summed E-state index contributed by atoms with van der Waals surface area (Å²) in [6, 6.07) is 2.55. The predicted molar refractivity (Wildman–Crippen MR) is 63.3 cm³/mol. The summed E-state index contributed by atoms with van der Waals surface area (Å²) in [5, 5.41) is 3.98. The Morgan fingerprint density at radius 3 is 2.76 bits per heavy atom. The highest BCUT2D eigenvalue weighted by molar-refractivity contribution is 9.10. The van der Waals surface area contributed by atoms with E-state index in [4.69, 9.17) is 5.73 Å². The quantitative estimate of drug-likeness (QED) is 0.885. The van der Waals surface area contributed by atoms with Crippen LogP contribution in [0.1, 0.15) is 11.1 Å². The zero-order chi connectivity index (χ0) is 12.4. The molecule has 0 spiro atoms. The van der Waals surface area contributed by atoms with E-state index in [1.54, 1.807) is 12.4 Å². The van der Waals surface area contributed by atoms with Crippen molar-refractivity contribution in [2.45, 2.75) is 13.1 Å². The minimum absolute atomic E-state index is 0.0222. The first-order chi connectivity index (χ1) is 8.11. The summed E-state index contributed by atoms with van der Waals surface area (Å²) in [6.45, 7) is 0.389. The van der Waals surface area contributed by atoms with E-state index in [0.717, 1.165) is 5.56 Å². The highest BCUT2D eigenvalue weighted by Gasteiger charge is 2.13. The van der Waals surface area contributed by atoms with Gasteiger partial charge in [-0.2, -0.15) is 5.10 Å². The fourth-order valence-corrected chi connectivity index (χ4v) is 1.85. The molecule has 17 heavy (non-hydrogen) atoms. The Labute approximate surface area is 105 Å². The minimum Gasteiger partial charge on any atom is -0.326 e. The van der Waals surface area contributed by atoms with Crippen LogP contribution in [0.5, 0.6) is 0 Å². The highest BCUT2D eigenvalue weighted by Crippen LogP contribution is 2.22. The lowest BCUT2D eigenvalue weighted by Crippen LogP contribution is -2.05. The fraction of sp³-hybridized carbons (Fsp3) is 0.182. The number of hydrogen-bond acceptors (Lipinski definition) is 2. The van der Waals surface area contributed by atoms with Crippen LogP contribution < -0.4 is 5.73 Å². The van der Waals surface area contributed by atoms with Crippen molar-refractivity contribution < 1.29 is 8.78 Å². The molecule has 0 aliphatic carbocycles. The second-order valence-corrected chi connectivity index (χ2v) is 4.43. The Morgan fingerprint density at radius 2 is 2.12 bits per heavy atom. The molecule has 0 unspecified atom stereocenters. The summed E-state index contributed by atoms with van der Waals surface area (Å²) < 4.78 is 28.9. The average Bonchev–Trinajstić information content (AvgIpc) is 2.77. The smallest absolute Gasteiger partial charge is 0.145 e. The van der Waals surface area contributed by atoms with Crippen LogP contribution in [-0.2, 0) is 13.1 Å². The summed E-state index contributed by atoms with van der Waals surface area (Å²) in [4.78, 5) is 0. The van der Waals surface area contributed by atoms with Gasteiger partial charge < -0.3 is 5.73 Å². The zero-order valence-corrected chi connectivity index (χ0v) is 10.4. The standard InChI is InChI=1S/C11H10BrF2N3/c12-9-1-2-10(13)8(11(9)14)6-17-5-7(3-15)4-16-17/h1-2,4-5H,3,6,15H2. The van der Waals surface area contributed by atoms with Gasteiger partial charge in [0.05, 0.1) is 17.2 Å². The van der Waals surface area contributed by atoms with Crippen LogP contribution in [0.25, 0.3) is 0 Å². The largest absolute Gasteiger partial charge is 0.326 e. The molecule has 6 heteroatoms. The molecule has 0 saturated heterocycles. The summed E-state index contributed by atoms with van der Waals surface area (Å²) >= 11 is 3.02. The Morgan fingerprint density at radius 1 is 1.35 bits per heavy atom. The van der Waals surface area contributed by atoms with Crippen molar-refractivity contribution in [1.29, 1.82) is 0 Å². The predicted octanol–water partition coefficient (Wildman–Crippen LogP) is 2.43. The van der Waals surface area contributed by atoms with E-state index in [0.29, 0.717) is 6.54 Å². The lowest BCUT2D eigenvalue weighted by molar-refractivity contribution is 0.529. The van der Waals surface area contributed by atoms with Gasteiger partial charge in [-0.05, 0) is 28.1 Å². The number of nitrogens with two attached hydrogens (primary N) is 1. The van der Waals surface area contributed by atoms with E-state index in [1.165, 1.54) is 16.8 Å². The Balaban J connectivity index is 2.32. The molecule has 1 aromatic carbocycles. The van der Waals surface area contributed by atoms with Crippen molar-refractivity contribution >= 4 is 15.9 Å². The number of aromatic nitrogens is 2. The lowest BCUT2D eigenvalue weighted by Gasteiger charge is -2.06. The molecule has 0 aliphatic heterocycles. The van der Waals surface area contributed by atoms with E-state index in [-0.39, 0.29) is 16.6 Å². The summed E-state index contributed by atoms with van der Waals surface area (Å²) in [7, 11) is 0. The van der Waals surface area contributed by atoms with Crippen molar-refractivity contribution in [2.24, 2.45) is 5.73 Å². The maximum absolute atomic E-state index is 13.7. The molecule has 0 radical (unpaired) electrons. The van der Waals surface area contributed by atoms with E-state index in [2.05, 4.69) is 21.0 Å². The van der Waals surface area contributed by atoms with Gasteiger partial charge in [0.1, 0.15) is 11.6 Å². The van der Waals surface area contributed by atoms with Crippen molar-refractivity contribution in [3.8, 4) is 0 Å². The Bertz CT molecular complexity index is 540. The second-order valence-electron chi connectivity index (χ2n) is 3.57. The van der Waals surface area contributed by atoms with Crippen LogP contribution in [0.4, 0.5) is 8.78 Å². The zero-order valence-electron chi connectivity index (χ0n) is 8.83. The van der Waals surface area contributed by atoms with Crippen LogP contribution in [0.3, 0.4) is 0 Å². The van der Waals surface area contributed by atoms with Crippen molar-refractivity contribution in [2.75, 3.05) is 0 Å². The molecule has 90 valence electrons. The number of rotatable bonds is 3. The normalized spacial score (nSPS) is 10.8. The van der Waals surface area contributed by atoms with Crippen LogP contribution in [0.15, 0.2) is 29.0 Å². The summed E-state index contributed by atoms with van der Waals surface area (Å²) in [6.07, 6.45) is 3.24. The van der Waals surface area contributed by atoms with Crippen LogP contribution in [-0.4, -0.2) is 9.78 Å². The van der Waals surface area contributed by atoms with Gasteiger partial charge in [-0.25, -0.2) is 8.78 Å². The molecule has 0 saturated carbocycles. The van der Waals surface area contributed by atoms with Crippen LogP contribution in [0, 0.1) is 11.6 Å². The number of hydrogen-bond donors (Lipinski definition) is 1. The molecule has 0 atom stereocenters. The van der Waals surface area contributed by atoms with Crippen molar-refractivity contribution in [1.82, 2.24) is 9.78 Å². The summed E-state index contributed by atoms with van der Waals surface area (Å²) in [5.74, 6) is -1.19. The van der Waals surface area contributed by atoms with Crippen molar-refractivity contribution in [3.63, 3.8) is 0 Å². The van der Waals surface area contributed by atoms with Gasteiger partial charge in [-0.15, -0.1) is 0 Å². The molecule has 0 amide bonds. The van der Waals surface area contributed by atoms with Gasteiger partial charge in [0.15, 0.2) is 0 Å². The Kier molecular flexibility index (Phi) is 3.54. The highest BCUT2D eigenvalue weighted by atomic mass is 79.9. The van der Waals surface area contributed by atoms with Gasteiger partial charge >= 0.3 is 0 Å². The fourth-order valence-electron chi connectivity index (χ4n) is 1.47. The van der Waals surface area contributed by atoms with E-state index in [9.17, 15) is 8.78 Å². The first-order valence-corrected chi connectivity index (χ1v) is 5.75. The summed E-state index contributed by atoms with van der Waals surface area (Å²) in [5.41, 5.74) is 6.23. The third-order valence-electron chi connectivity index (χ3n) is 2.38. The number of benzene rings is 1. The van der Waals surface area contributed by atoms with E-state index in [1.807, 2.05) is 0 Å². The minimum atomic E-state index is -0.602. The van der Waals surface area contributed by atoms with Crippen LogP contribution in [0.2, 0.25) is 0 Å². The Hall–Kier alpha value is -1.27. The third kappa shape index (κ3) is 2.53. The average molecular weight is 302 g/mol. The van der Waals surface area contributed by atoms with Crippen LogP contribution >= 0.6 is 15.9 Å². The molecule has 1 aromatic heterocycles. The molecule has 1 heterocycles. The maximum Gasteiger partial charge on any atom is 0.145 e. The van der Waals surface area contributed by atoms with E-state index < -0.39 is 11.6 Å². The SMILES string of the molecule is NCc1cnn(Cc2c(F)ccc(Br)c2F)c1. The molecule has 2 rings (SSSR count). The first-order valence-electron chi connectivity index (χ1n) is 4.95. The monoisotopic (exact) mass is 301 g/mol. The molecule has 2 N–H and O–H groups in total. The number of nitrogens with zero attached hydrogens (tertiary/aromatic N) is 2.